The fourth-order valence-corrected chi connectivity index (χ4v) is 2.45. The first-order valence-corrected chi connectivity index (χ1v) is 6.35. The second kappa shape index (κ2) is 4.93. The summed E-state index contributed by atoms with van der Waals surface area (Å²) < 4.78 is 13.3. The summed E-state index contributed by atoms with van der Waals surface area (Å²) in [5.74, 6) is 1.64. The summed E-state index contributed by atoms with van der Waals surface area (Å²) >= 11 is 0. The van der Waals surface area contributed by atoms with Gasteiger partial charge in [-0.05, 0) is 19.2 Å². The zero-order valence-corrected chi connectivity index (χ0v) is 11.1. The van der Waals surface area contributed by atoms with Crippen LogP contribution in [0.25, 0.3) is 0 Å². The number of aryl methyl sites for hydroxylation is 1. The normalized spacial score (nSPS) is 15.3. The molecule has 1 N–H and O–H groups in total. The molecule has 100 valence electrons. The third kappa shape index (κ3) is 2.06. The van der Waals surface area contributed by atoms with Crippen LogP contribution in [0, 0.1) is 0 Å². The third-order valence-electron chi connectivity index (χ3n) is 3.35. The fraction of sp³-hybridized carbons (Fsp3) is 0.357. The number of nitrogens with one attached hydrogen (secondary N) is 1. The van der Waals surface area contributed by atoms with Gasteiger partial charge in [-0.25, -0.2) is 0 Å². The smallest absolute Gasteiger partial charge is 0.166 e. The van der Waals surface area contributed by atoms with Crippen molar-refractivity contribution in [3.05, 3.63) is 41.7 Å². The lowest BCUT2D eigenvalue weighted by atomic mass is 10.0. The van der Waals surface area contributed by atoms with Gasteiger partial charge in [0.1, 0.15) is 13.2 Å². The highest BCUT2D eigenvalue weighted by Gasteiger charge is 2.23. The highest BCUT2D eigenvalue weighted by Crippen LogP contribution is 2.38. The first-order valence-electron chi connectivity index (χ1n) is 6.35. The Kier molecular flexibility index (Phi) is 3.13. The molecule has 0 amide bonds. The maximum atomic E-state index is 5.78. The molecule has 1 aromatic heterocycles. The van der Waals surface area contributed by atoms with Gasteiger partial charge in [-0.15, -0.1) is 0 Å². The van der Waals surface area contributed by atoms with E-state index >= 15 is 0 Å². The van der Waals surface area contributed by atoms with E-state index < -0.39 is 0 Å². The van der Waals surface area contributed by atoms with Crippen molar-refractivity contribution in [1.29, 1.82) is 0 Å². The number of rotatable bonds is 3. The number of benzene rings is 1. The van der Waals surface area contributed by atoms with E-state index in [4.69, 9.17) is 9.47 Å². The Hall–Kier alpha value is -2.01. The van der Waals surface area contributed by atoms with Crippen LogP contribution in [0.3, 0.4) is 0 Å². The molecule has 1 atom stereocenters. The van der Waals surface area contributed by atoms with Crippen molar-refractivity contribution < 1.29 is 9.47 Å². The second-order valence-corrected chi connectivity index (χ2v) is 4.47. The van der Waals surface area contributed by atoms with Crippen LogP contribution in [0.2, 0.25) is 0 Å². The molecule has 2 heterocycles. The first-order chi connectivity index (χ1) is 9.31. The van der Waals surface area contributed by atoms with E-state index in [2.05, 4.69) is 16.5 Å². The van der Waals surface area contributed by atoms with Crippen LogP contribution in [0.4, 0.5) is 0 Å². The lowest BCUT2D eigenvalue weighted by Crippen LogP contribution is -2.23. The van der Waals surface area contributed by atoms with Crippen molar-refractivity contribution in [2.75, 3.05) is 20.3 Å². The maximum Gasteiger partial charge on any atom is 0.166 e. The van der Waals surface area contributed by atoms with Crippen molar-refractivity contribution in [2.24, 2.45) is 7.05 Å². The summed E-state index contributed by atoms with van der Waals surface area (Å²) in [5, 5.41) is 7.54. The number of para-hydroxylation sites is 1. The molecule has 0 saturated heterocycles. The van der Waals surface area contributed by atoms with E-state index in [0.29, 0.717) is 13.2 Å². The molecule has 0 radical (unpaired) electrons. The first kappa shape index (κ1) is 12.0. The molecule has 1 aliphatic rings. The summed E-state index contributed by atoms with van der Waals surface area (Å²) in [6.45, 7) is 1.19. The van der Waals surface area contributed by atoms with Crippen molar-refractivity contribution in [2.45, 2.75) is 6.04 Å². The summed E-state index contributed by atoms with van der Waals surface area (Å²) in [5.41, 5.74) is 2.16. The lowest BCUT2D eigenvalue weighted by molar-refractivity contribution is 0.169. The molecule has 0 bridgehead atoms. The van der Waals surface area contributed by atoms with Gasteiger partial charge in [0.25, 0.3) is 0 Å². The zero-order chi connectivity index (χ0) is 13.2. The largest absolute Gasteiger partial charge is 0.486 e. The molecule has 0 fully saturated rings. The highest BCUT2D eigenvalue weighted by atomic mass is 16.6. The molecule has 0 saturated carbocycles. The van der Waals surface area contributed by atoms with Crippen molar-refractivity contribution in [3.63, 3.8) is 0 Å². The SMILES string of the molecule is CNC(c1cccc2c1OCCO2)c1ccnn1C. The Morgan fingerprint density at radius 3 is 2.84 bits per heavy atom. The maximum absolute atomic E-state index is 5.78. The number of aromatic nitrogens is 2. The quantitative estimate of drug-likeness (QED) is 0.907. The number of fused-ring (bicyclic) bond motifs is 1. The molecule has 1 aliphatic heterocycles. The van der Waals surface area contributed by atoms with Gasteiger partial charge < -0.3 is 14.8 Å². The molecule has 1 aromatic carbocycles. The minimum Gasteiger partial charge on any atom is -0.486 e. The average Bonchev–Trinajstić information content (AvgIpc) is 2.86. The van der Waals surface area contributed by atoms with E-state index in [-0.39, 0.29) is 6.04 Å². The van der Waals surface area contributed by atoms with E-state index in [0.717, 1.165) is 22.8 Å². The molecule has 0 aliphatic carbocycles. The molecule has 5 nitrogen and oxygen atoms in total. The van der Waals surface area contributed by atoms with Crippen LogP contribution in [-0.2, 0) is 7.05 Å². The van der Waals surface area contributed by atoms with Gasteiger partial charge in [-0.1, -0.05) is 12.1 Å². The zero-order valence-electron chi connectivity index (χ0n) is 11.1. The van der Waals surface area contributed by atoms with Gasteiger partial charge in [0.05, 0.1) is 11.7 Å². The van der Waals surface area contributed by atoms with Crippen molar-refractivity contribution >= 4 is 0 Å². The van der Waals surface area contributed by atoms with Gasteiger partial charge in [-0.2, -0.15) is 5.10 Å². The van der Waals surface area contributed by atoms with E-state index in [1.165, 1.54) is 0 Å². The van der Waals surface area contributed by atoms with Crippen LogP contribution in [0.1, 0.15) is 17.3 Å². The summed E-state index contributed by atoms with van der Waals surface area (Å²) in [6.07, 6.45) is 1.80. The van der Waals surface area contributed by atoms with Crippen LogP contribution >= 0.6 is 0 Å². The molecule has 5 heteroatoms. The minimum atomic E-state index is 0.0316. The van der Waals surface area contributed by atoms with Gasteiger partial charge in [0.15, 0.2) is 11.5 Å². The lowest BCUT2D eigenvalue weighted by Gasteiger charge is -2.25. The summed E-state index contributed by atoms with van der Waals surface area (Å²) in [6, 6.07) is 8.02. The molecule has 19 heavy (non-hydrogen) atoms. The molecular weight excluding hydrogens is 242 g/mol. The van der Waals surface area contributed by atoms with E-state index in [1.54, 1.807) is 6.20 Å². The Balaban J connectivity index is 2.07. The number of hydrogen-bond acceptors (Lipinski definition) is 4. The molecule has 3 rings (SSSR count). The highest BCUT2D eigenvalue weighted by molar-refractivity contribution is 5.50. The topological polar surface area (TPSA) is 48.3 Å². The number of ether oxygens (including phenoxy) is 2. The van der Waals surface area contributed by atoms with Crippen molar-refractivity contribution in [3.8, 4) is 11.5 Å². The van der Waals surface area contributed by atoms with E-state index in [1.807, 2.05) is 37.0 Å². The Bertz CT molecular complexity index is 580. The second-order valence-electron chi connectivity index (χ2n) is 4.47. The Morgan fingerprint density at radius 1 is 1.26 bits per heavy atom. The molecule has 2 aromatic rings. The minimum absolute atomic E-state index is 0.0316. The predicted molar refractivity (Wildman–Crippen MR) is 71.5 cm³/mol. The van der Waals surface area contributed by atoms with Gasteiger partial charge >= 0.3 is 0 Å². The van der Waals surface area contributed by atoms with Gasteiger partial charge in [-0.3, -0.25) is 4.68 Å². The van der Waals surface area contributed by atoms with Gasteiger partial charge in [0.2, 0.25) is 0 Å². The fourth-order valence-electron chi connectivity index (χ4n) is 2.45. The summed E-state index contributed by atoms with van der Waals surface area (Å²) in [7, 11) is 3.87. The molecular formula is C14H17N3O2. The van der Waals surface area contributed by atoms with Crippen molar-refractivity contribution in [1.82, 2.24) is 15.1 Å². The van der Waals surface area contributed by atoms with Crippen LogP contribution in [0.15, 0.2) is 30.5 Å². The number of nitrogens with zero attached hydrogens (tertiary/aromatic N) is 2. The average molecular weight is 259 g/mol. The molecule has 0 spiro atoms. The van der Waals surface area contributed by atoms with Crippen LogP contribution < -0.4 is 14.8 Å². The molecule has 1 unspecified atom stereocenters. The monoisotopic (exact) mass is 259 g/mol. The Morgan fingerprint density at radius 2 is 2.11 bits per heavy atom. The standard InChI is InChI=1S/C14H17N3O2/c1-15-13(11-6-7-16-17(11)2)10-4-3-5-12-14(10)19-9-8-18-12/h3-7,13,15H,8-9H2,1-2H3. The van der Waals surface area contributed by atoms with Crippen LogP contribution in [0.5, 0.6) is 11.5 Å². The number of hydrogen-bond donors (Lipinski definition) is 1. The van der Waals surface area contributed by atoms with Crippen LogP contribution in [-0.4, -0.2) is 30.0 Å². The predicted octanol–water partition coefficient (Wildman–Crippen LogP) is 1.50. The summed E-state index contributed by atoms with van der Waals surface area (Å²) in [4.78, 5) is 0. The third-order valence-corrected chi connectivity index (χ3v) is 3.35. The van der Waals surface area contributed by atoms with E-state index in [9.17, 15) is 0 Å². The van der Waals surface area contributed by atoms with Gasteiger partial charge in [0, 0.05) is 18.8 Å². The Labute approximate surface area is 112 Å².